The van der Waals surface area contributed by atoms with Crippen LogP contribution in [0.1, 0.15) is 30.0 Å². The van der Waals surface area contributed by atoms with Gasteiger partial charge in [0, 0.05) is 24.3 Å². The van der Waals surface area contributed by atoms with Crippen LogP contribution in [0.15, 0.2) is 113 Å². The van der Waals surface area contributed by atoms with Gasteiger partial charge in [-0.25, -0.2) is 4.79 Å². The summed E-state index contributed by atoms with van der Waals surface area (Å²) >= 11 is 0. The van der Waals surface area contributed by atoms with Crippen molar-refractivity contribution in [3.8, 4) is 11.1 Å². The molecule has 220 valence electrons. The average Bonchev–Trinajstić information content (AvgIpc) is 3.55. The lowest BCUT2D eigenvalue weighted by atomic mass is 9.95. The SMILES string of the molecule is CCCN(CCc1ccccc1)c1ccc(-c2ccccc2C2=NN=NC2)cc1NC(=O)Nc1cccc(C(F)(F)F)c1. The molecule has 0 atom stereocenters. The Labute approximate surface area is 248 Å². The van der Waals surface area contributed by atoms with E-state index in [-0.39, 0.29) is 5.69 Å². The fraction of sp³-hybridized carbons (Fsp3) is 0.212. The Morgan fingerprint density at radius 2 is 1.63 bits per heavy atom. The maximum absolute atomic E-state index is 13.3. The summed E-state index contributed by atoms with van der Waals surface area (Å²) in [6, 6.07) is 27.7. The minimum atomic E-state index is -4.52. The highest BCUT2D eigenvalue weighted by molar-refractivity contribution is 6.08. The number of amides is 2. The number of nitrogens with one attached hydrogen (secondary N) is 2. The van der Waals surface area contributed by atoms with Crippen LogP contribution in [0, 0.1) is 0 Å². The average molecular weight is 585 g/mol. The van der Waals surface area contributed by atoms with E-state index in [9.17, 15) is 18.0 Å². The lowest BCUT2D eigenvalue weighted by Crippen LogP contribution is -2.29. The molecule has 43 heavy (non-hydrogen) atoms. The molecule has 10 heteroatoms. The number of carbonyl (C=O) groups excluding carboxylic acids is 1. The Kier molecular flexibility index (Phi) is 9.14. The molecule has 0 saturated carbocycles. The highest BCUT2D eigenvalue weighted by atomic mass is 19.4. The molecule has 0 aliphatic carbocycles. The highest BCUT2D eigenvalue weighted by Crippen LogP contribution is 2.35. The van der Waals surface area contributed by atoms with Gasteiger partial charge in [0.1, 0.15) is 6.54 Å². The second-order valence-corrected chi connectivity index (χ2v) is 10.1. The van der Waals surface area contributed by atoms with Gasteiger partial charge in [0.15, 0.2) is 0 Å². The quantitative estimate of drug-likeness (QED) is 0.196. The predicted molar refractivity (Wildman–Crippen MR) is 165 cm³/mol. The van der Waals surface area contributed by atoms with E-state index in [4.69, 9.17) is 0 Å². The summed E-state index contributed by atoms with van der Waals surface area (Å²) in [5.74, 6) is 0. The molecule has 0 aromatic heterocycles. The summed E-state index contributed by atoms with van der Waals surface area (Å²) in [5, 5.41) is 17.4. The van der Waals surface area contributed by atoms with Crippen molar-refractivity contribution in [1.82, 2.24) is 0 Å². The standard InChI is InChI=1S/C33H31F3N6O/c1-2-18-42(19-17-23-9-4-3-5-10-23)31-16-15-24(27-13-6-7-14-28(27)30-22-37-41-40-30)20-29(31)39-32(43)38-26-12-8-11-25(21-26)33(34,35)36/h3-16,20-21H,2,17-19,22H2,1H3,(H2,38,39,43). The van der Waals surface area contributed by atoms with Gasteiger partial charge >= 0.3 is 12.2 Å². The zero-order valence-electron chi connectivity index (χ0n) is 23.6. The van der Waals surface area contributed by atoms with E-state index in [2.05, 4.69) is 50.0 Å². The number of urea groups is 1. The monoisotopic (exact) mass is 584 g/mol. The summed E-state index contributed by atoms with van der Waals surface area (Å²) in [7, 11) is 0. The van der Waals surface area contributed by atoms with Gasteiger partial charge in [-0.15, -0.1) is 5.10 Å². The van der Waals surface area contributed by atoms with Crippen LogP contribution in [0.5, 0.6) is 0 Å². The molecule has 1 aliphatic heterocycles. The van der Waals surface area contributed by atoms with Gasteiger partial charge in [0.05, 0.1) is 22.6 Å². The zero-order valence-corrected chi connectivity index (χ0v) is 23.6. The molecule has 4 aromatic carbocycles. The second kappa shape index (κ2) is 13.3. The van der Waals surface area contributed by atoms with Crippen LogP contribution < -0.4 is 15.5 Å². The van der Waals surface area contributed by atoms with Gasteiger partial charge in [-0.1, -0.05) is 73.7 Å². The van der Waals surface area contributed by atoms with Gasteiger partial charge in [-0.3, -0.25) is 0 Å². The lowest BCUT2D eigenvalue weighted by molar-refractivity contribution is -0.137. The third-order valence-electron chi connectivity index (χ3n) is 7.04. The molecule has 0 fully saturated rings. The molecule has 0 bridgehead atoms. The van der Waals surface area contributed by atoms with E-state index in [0.717, 1.165) is 59.6 Å². The molecule has 1 heterocycles. The fourth-order valence-electron chi connectivity index (χ4n) is 5.01. The molecule has 0 spiro atoms. The van der Waals surface area contributed by atoms with Gasteiger partial charge in [-0.2, -0.15) is 18.3 Å². The largest absolute Gasteiger partial charge is 0.416 e. The Hall–Kier alpha value is -4.99. The number of carbonyl (C=O) groups is 1. The minimum Gasteiger partial charge on any atom is -0.370 e. The molecular weight excluding hydrogens is 553 g/mol. The number of anilines is 3. The Balaban J connectivity index is 1.49. The van der Waals surface area contributed by atoms with E-state index < -0.39 is 17.8 Å². The molecule has 0 radical (unpaired) electrons. The molecule has 2 N–H and O–H groups in total. The van der Waals surface area contributed by atoms with Crippen LogP contribution in [-0.4, -0.2) is 31.4 Å². The molecule has 2 amide bonds. The molecular formula is C33H31F3N6O. The summed E-state index contributed by atoms with van der Waals surface area (Å²) in [6.07, 6.45) is -2.84. The van der Waals surface area contributed by atoms with Crippen LogP contribution in [0.4, 0.5) is 35.0 Å². The van der Waals surface area contributed by atoms with E-state index in [1.54, 1.807) is 0 Å². The lowest BCUT2D eigenvalue weighted by Gasteiger charge is -2.28. The Bertz CT molecular complexity index is 1640. The van der Waals surface area contributed by atoms with Crippen LogP contribution in [0.25, 0.3) is 11.1 Å². The van der Waals surface area contributed by atoms with E-state index in [1.807, 2.05) is 60.7 Å². The first-order chi connectivity index (χ1) is 20.8. The maximum Gasteiger partial charge on any atom is 0.416 e. The number of benzene rings is 4. The maximum atomic E-state index is 13.3. The van der Waals surface area contributed by atoms with E-state index >= 15 is 0 Å². The smallest absolute Gasteiger partial charge is 0.370 e. The van der Waals surface area contributed by atoms with Crippen molar-refractivity contribution >= 4 is 28.8 Å². The van der Waals surface area contributed by atoms with Gasteiger partial charge in [0.2, 0.25) is 0 Å². The number of nitrogens with zero attached hydrogens (tertiary/aromatic N) is 4. The zero-order chi connectivity index (χ0) is 30.2. The van der Waals surface area contributed by atoms with Crippen molar-refractivity contribution in [2.45, 2.75) is 25.9 Å². The van der Waals surface area contributed by atoms with Crippen LogP contribution >= 0.6 is 0 Å². The van der Waals surface area contributed by atoms with E-state index in [0.29, 0.717) is 18.8 Å². The topological polar surface area (TPSA) is 81.5 Å². The molecule has 0 saturated heterocycles. The fourth-order valence-corrected chi connectivity index (χ4v) is 5.01. The molecule has 1 aliphatic rings. The third-order valence-corrected chi connectivity index (χ3v) is 7.04. The number of rotatable bonds is 10. The summed E-state index contributed by atoms with van der Waals surface area (Å²) in [4.78, 5) is 15.4. The normalized spacial score (nSPS) is 12.6. The first-order valence-corrected chi connectivity index (χ1v) is 14.0. The van der Waals surface area contributed by atoms with Crippen LogP contribution in [0.3, 0.4) is 0 Å². The van der Waals surface area contributed by atoms with Crippen molar-refractivity contribution in [2.75, 3.05) is 35.2 Å². The molecule has 7 nitrogen and oxygen atoms in total. The van der Waals surface area contributed by atoms with Crippen molar-refractivity contribution in [3.05, 3.63) is 114 Å². The number of hydrogen-bond acceptors (Lipinski definition) is 5. The van der Waals surface area contributed by atoms with Crippen molar-refractivity contribution in [1.29, 1.82) is 0 Å². The van der Waals surface area contributed by atoms with Crippen molar-refractivity contribution in [3.63, 3.8) is 0 Å². The minimum absolute atomic E-state index is 0.0385. The Morgan fingerprint density at radius 3 is 2.35 bits per heavy atom. The summed E-state index contributed by atoms with van der Waals surface area (Å²) in [6.45, 7) is 3.92. The third kappa shape index (κ3) is 7.45. The first kappa shape index (κ1) is 29.5. The number of alkyl halides is 3. The van der Waals surface area contributed by atoms with Crippen molar-refractivity contribution < 1.29 is 18.0 Å². The summed E-state index contributed by atoms with van der Waals surface area (Å²) in [5.41, 5.74) is 5.09. The van der Waals surface area contributed by atoms with Crippen LogP contribution in [-0.2, 0) is 12.6 Å². The van der Waals surface area contributed by atoms with Gasteiger partial charge in [-0.05, 0) is 65.1 Å². The van der Waals surface area contributed by atoms with E-state index in [1.165, 1.54) is 17.7 Å². The molecule has 4 aromatic rings. The van der Waals surface area contributed by atoms with Gasteiger partial charge < -0.3 is 15.5 Å². The Morgan fingerprint density at radius 1 is 0.860 bits per heavy atom. The van der Waals surface area contributed by atoms with Crippen LogP contribution in [0.2, 0.25) is 0 Å². The molecule has 0 unspecified atom stereocenters. The second-order valence-electron chi connectivity index (χ2n) is 10.1. The predicted octanol–water partition coefficient (Wildman–Crippen LogP) is 8.65. The highest BCUT2D eigenvalue weighted by Gasteiger charge is 2.30. The number of halogens is 3. The first-order valence-electron chi connectivity index (χ1n) is 14.0. The van der Waals surface area contributed by atoms with Gasteiger partial charge in [0.25, 0.3) is 0 Å². The van der Waals surface area contributed by atoms with Crippen molar-refractivity contribution in [2.24, 2.45) is 15.4 Å². The summed E-state index contributed by atoms with van der Waals surface area (Å²) < 4.78 is 39.8. The molecule has 5 rings (SSSR count). The number of hydrogen-bond donors (Lipinski definition) is 2.